The van der Waals surface area contributed by atoms with Gasteiger partial charge in [0.2, 0.25) is 0 Å². The van der Waals surface area contributed by atoms with E-state index in [4.69, 9.17) is 9.47 Å². The van der Waals surface area contributed by atoms with Crippen molar-refractivity contribution in [1.29, 1.82) is 0 Å². The summed E-state index contributed by atoms with van der Waals surface area (Å²) in [7, 11) is 1.50. The first-order chi connectivity index (χ1) is 11.6. The van der Waals surface area contributed by atoms with Crippen LogP contribution in [0.3, 0.4) is 0 Å². The summed E-state index contributed by atoms with van der Waals surface area (Å²) in [6, 6.07) is 12.1. The van der Waals surface area contributed by atoms with Gasteiger partial charge in [0.15, 0.2) is 12.6 Å². The van der Waals surface area contributed by atoms with E-state index in [1.807, 2.05) is 38.1 Å². The van der Waals surface area contributed by atoms with E-state index in [2.05, 4.69) is 15.9 Å². The first kappa shape index (κ1) is 19.9. The highest BCUT2D eigenvalue weighted by molar-refractivity contribution is 9.10. The van der Waals surface area contributed by atoms with Gasteiger partial charge in [-0.25, -0.2) is 0 Å². The third kappa shape index (κ3) is 6.18. The maximum absolute atomic E-state index is 12.1. The van der Waals surface area contributed by atoms with Crippen LogP contribution in [0, 0.1) is 0 Å². The van der Waals surface area contributed by atoms with Gasteiger partial charge in [0.05, 0.1) is 5.56 Å². The van der Waals surface area contributed by atoms with Crippen molar-refractivity contribution in [2.24, 2.45) is 0 Å². The van der Waals surface area contributed by atoms with Crippen LogP contribution in [0.15, 0.2) is 53.0 Å². The smallest absolute Gasteiger partial charge is 0.189 e. The number of phenolic OH excluding ortho intramolecular Hbond substituents is 1. The Bertz CT molecular complexity index is 678. The summed E-state index contributed by atoms with van der Waals surface area (Å²) in [6.07, 6.45) is 3.12. The number of ketones is 1. The minimum Gasteiger partial charge on any atom is -0.507 e. The van der Waals surface area contributed by atoms with Crippen molar-refractivity contribution in [2.75, 3.05) is 13.9 Å². The number of aromatic hydroxyl groups is 1. The molecule has 0 aromatic heterocycles. The highest BCUT2D eigenvalue weighted by Crippen LogP contribution is 2.24. The molecule has 0 aliphatic heterocycles. The lowest BCUT2D eigenvalue weighted by Crippen LogP contribution is -2.00. The Labute approximate surface area is 150 Å². The largest absolute Gasteiger partial charge is 0.507 e. The average molecular weight is 393 g/mol. The normalized spacial score (nSPS) is 10.2. The van der Waals surface area contributed by atoms with Crippen LogP contribution in [0.4, 0.5) is 0 Å². The Balaban J connectivity index is 0.00000139. The van der Waals surface area contributed by atoms with Gasteiger partial charge in [-0.2, -0.15) is 0 Å². The van der Waals surface area contributed by atoms with Crippen LogP contribution in [0.25, 0.3) is 6.08 Å². The molecule has 2 aromatic carbocycles. The Morgan fingerprint density at radius 2 is 1.83 bits per heavy atom. The van der Waals surface area contributed by atoms with Crippen LogP contribution in [0.5, 0.6) is 11.5 Å². The molecule has 24 heavy (non-hydrogen) atoms. The van der Waals surface area contributed by atoms with E-state index in [0.29, 0.717) is 5.75 Å². The Hall–Kier alpha value is -2.11. The van der Waals surface area contributed by atoms with Crippen molar-refractivity contribution in [3.05, 3.63) is 64.1 Å². The second kappa shape index (κ2) is 10.6. The Morgan fingerprint density at radius 3 is 2.42 bits per heavy atom. The number of phenols is 1. The molecule has 0 saturated heterocycles. The molecule has 4 nitrogen and oxygen atoms in total. The highest BCUT2D eigenvalue weighted by Gasteiger charge is 2.09. The van der Waals surface area contributed by atoms with Crippen molar-refractivity contribution >= 4 is 27.8 Å². The number of ether oxygens (including phenoxy) is 2. The lowest BCUT2D eigenvalue weighted by molar-refractivity contribution is 0.0510. The SMILES string of the molecule is CC.COCOc1ccc(C(=O)/C=C/c2ccc(Br)cc2)c(O)c1. The fourth-order valence-electron chi connectivity index (χ4n) is 1.77. The zero-order valence-corrected chi connectivity index (χ0v) is 15.5. The van der Waals surface area contributed by atoms with E-state index in [-0.39, 0.29) is 23.9 Å². The summed E-state index contributed by atoms with van der Waals surface area (Å²) in [4.78, 5) is 12.1. The molecule has 0 bridgehead atoms. The average Bonchev–Trinajstić information content (AvgIpc) is 2.61. The number of rotatable bonds is 6. The van der Waals surface area contributed by atoms with Crippen molar-refractivity contribution in [3.8, 4) is 11.5 Å². The number of hydrogen-bond donors (Lipinski definition) is 1. The van der Waals surface area contributed by atoms with Gasteiger partial charge < -0.3 is 14.6 Å². The van der Waals surface area contributed by atoms with E-state index in [0.717, 1.165) is 10.0 Å². The van der Waals surface area contributed by atoms with Crippen LogP contribution < -0.4 is 4.74 Å². The van der Waals surface area contributed by atoms with Crippen LogP contribution in [0.1, 0.15) is 29.8 Å². The molecule has 0 fully saturated rings. The number of halogens is 1. The van der Waals surface area contributed by atoms with Crippen molar-refractivity contribution < 1.29 is 19.4 Å². The maximum Gasteiger partial charge on any atom is 0.189 e. The Morgan fingerprint density at radius 1 is 1.17 bits per heavy atom. The van der Waals surface area contributed by atoms with Crippen LogP contribution in [0.2, 0.25) is 0 Å². The number of methoxy groups -OCH3 is 1. The maximum atomic E-state index is 12.1. The lowest BCUT2D eigenvalue weighted by Gasteiger charge is -2.06. The van der Waals surface area contributed by atoms with Gasteiger partial charge in [0, 0.05) is 17.6 Å². The molecule has 5 heteroatoms. The van der Waals surface area contributed by atoms with E-state index in [1.165, 1.54) is 25.3 Å². The molecule has 0 heterocycles. The van der Waals surface area contributed by atoms with Gasteiger partial charge in [-0.15, -0.1) is 0 Å². The molecule has 0 spiro atoms. The molecule has 2 aromatic rings. The van der Waals surface area contributed by atoms with E-state index in [9.17, 15) is 9.90 Å². The van der Waals surface area contributed by atoms with E-state index >= 15 is 0 Å². The van der Waals surface area contributed by atoms with Gasteiger partial charge in [0.1, 0.15) is 11.5 Å². The van der Waals surface area contributed by atoms with Crippen molar-refractivity contribution in [2.45, 2.75) is 13.8 Å². The molecule has 1 N–H and O–H groups in total. The van der Waals surface area contributed by atoms with Gasteiger partial charge >= 0.3 is 0 Å². The van der Waals surface area contributed by atoms with E-state index < -0.39 is 0 Å². The molecule has 0 unspecified atom stereocenters. The fraction of sp³-hybridized carbons (Fsp3) is 0.211. The summed E-state index contributed by atoms with van der Waals surface area (Å²) in [5, 5.41) is 9.91. The fourth-order valence-corrected chi connectivity index (χ4v) is 2.04. The van der Waals surface area contributed by atoms with Crippen LogP contribution >= 0.6 is 15.9 Å². The van der Waals surface area contributed by atoms with E-state index in [1.54, 1.807) is 12.1 Å². The predicted octanol–water partition coefficient (Wildman–Crippen LogP) is 5.06. The topological polar surface area (TPSA) is 55.8 Å². The molecule has 128 valence electrons. The number of benzene rings is 2. The number of carbonyl (C=O) groups is 1. The zero-order chi connectivity index (χ0) is 17.9. The summed E-state index contributed by atoms with van der Waals surface area (Å²) in [6.45, 7) is 4.08. The standard InChI is InChI=1S/C17H15BrO4.C2H6/c1-21-11-22-14-7-8-15(17(20)10-14)16(19)9-4-12-2-5-13(18)6-3-12;1-2/h2-10,20H,11H2,1H3;1-2H3/b9-4+;. The van der Waals surface area contributed by atoms with Crippen molar-refractivity contribution in [1.82, 2.24) is 0 Å². The number of carbonyl (C=O) groups excluding carboxylic acids is 1. The summed E-state index contributed by atoms with van der Waals surface area (Å²) >= 11 is 3.35. The predicted molar refractivity (Wildman–Crippen MR) is 99.5 cm³/mol. The minimum absolute atomic E-state index is 0.0796. The lowest BCUT2D eigenvalue weighted by atomic mass is 10.1. The monoisotopic (exact) mass is 392 g/mol. The highest BCUT2D eigenvalue weighted by atomic mass is 79.9. The quantitative estimate of drug-likeness (QED) is 0.424. The third-order valence-electron chi connectivity index (χ3n) is 2.88. The molecule has 0 saturated carbocycles. The molecule has 0 radical (unpaired) electrons. The first-order valence-corrected chi connectivity index (χ1v) is 8.32. The minimum atomic E-state index is -0.279. The second-order valence-electron chi connectivity index (χ2n) is 4.48. The molecule has 0 atom stereocenters. The molecular weight excluding hydrogens is 372 g/mol. The summed E-state index contributed by atoms with van der Waals surface area (Å²) in [5.41, 5.74) is 1.12. The molecule has 0 aliphatic rings. The van der Waals surface area contributed by atoms with Crippen LogP contribution in [-0.2, 0) is 4.74 Å². The summed E-state index contributed by atoms with van der Waals surface area (Å²) < 4.78 is 10.9. The summed E-state index contributed by atoms with van der Waals surface area (Å²) in [5.74, 6) is 0.0329. The second-order valence-corrected chi connectivity index (χ2v) is 5.39. The van der Waals surface area contributed by atoms with Gasteiger partial charge in [-0.05, 0) is 35.9 Å². The Kier molecular flexibility index (Phi) is 8.83. The molecule has 0 amide bonds. The van der Waals surface area contributed by atoms with Gasteiger partial charge in [-0.3, -0.25) is 4.79 Å². The molecule has 2 rings (SSSR count). The first-order valence-electron chi connectivity index (χ1n) is 7.53. The third-order valence-corrected chi connectivity index (χ3v) is 3.40. The van der Waals surface area contributed by atoms with Gasteiger partial charge in [0.25, 0.3) is 0 Å². The molecular formula is C19H21BrO4. The molecule has 0 aliphatic carbocycles. The number of allylic oxidation sites excluding steroid dienone is 1. The number of hydrogen-bond acceptors (Lipinski definition) is 4. The van der Waals surface area contributed by atoms with Crippen molar-refractivity contribution in [3.63, 3.8) is 0 Å². The zero-order valence-electron chi connectivity index (χ0n) is 14.0. The van der Waals surface area contributed by atoms with Gasteiger partial charge in [-0.1, -0.05) is 48.0 Å². The van der Waals surface area contributed by atoms with Crippen LogP contribution in [-0.4, -0.2) is 24.8 Å².